The Morgan fingerprint density at radius 1 is 1.44 bits per heavy atom. The lowest BCUT2D eigenvalue weighted by Gasteiger charge is -2.09. The van der Waals surface area contributed by atoms with Gasteiger partial charge in [0.2, 0.25) is 0 Å². The van der Waals surface area contributed by atoms with Crippen molar-refractivity contribution in [1.82, 2.24) is 9.55 Å². The molecule has 1 aromatic carbocycles. The number of nitriles is 1. The van der Waals surface area contributed by atoms with Crippen molar-refractivity contribution < 1.29 is 4.74 Å². The molecule has 4 nitrogen and oxygen atoms in total. The molecule has 2 aromatic rings. The van der Waals surface area contributed by atoms with Crippen LogP contribution in [-0.4, -0.2) is 16.2 Å². The molecule has 0 spiro atoms. The Morgan fingerprint density at radius 2 is 2.33 bits per heavy atom. The van der Waals surface area contributed by atoms with Gasteiger partial charge in [-0.25, -0.2) is 4.98 Å². The SMILES string of the molecule is Cc1ccc(C#N)cc1OCCCn1ccnc1. The van der Waals surface area contributed by atoms with Crippen molar-refractivity contribution in [2.45, 2.75) is 19.9 Å². The van der Waals surface area contributed by atoms with E-state index in [4.69, 9.17) is 10.00 Å². The van der Waals surface area contributed by atoms with Crippen LogP contribution in [0.15, 0.2) is 36.9 Å². The average Bonchev–Trinajstić information content (AvgIpc) is 2.89. The number of hydrogen-bond donors (Lipinski definition) is 0. The molecule has 18 heavy (non-hydrogen) atoms. The Labute approximate surface area is 106 Å². The molecule has 0 aliphatic rings. The summed E-state index contributed by atoms with van der Waals surface area (Å²) in [5.74, 6) is 0.791. The molecule has 2 rings (SSSR count). The Balaban J connectivity index is 1.85. The van der Waals surface area contributed by atoms with Gasteiger partial charge in [-0.2, -0.15) is 5.26 Å². The molecule has 0 fully saturated rings. The fourth-order valence-corrected chi connectivity index (χ4v) is 1.67. The molecule has 0 amide bonds. The molecule has 0 aliphatic carbocycles. The van der Waals surface area contributed by atoms with Gasteiger partial charge in [-0.15, -0.1) is 0 Å². The fourth-order valence-electron chi connectivity index (χ4n) is 1.67. The summed E-state index contributed by atoms with van der Waals surface area (Å²) in [5.41, 5.74) is 1.68. The van der Waals surface area contributed by atoms with Crippen LogP contribution in [0.25, 0.3) is 0 Å². The maximum absolute atomic E-state index is 8.83. The highest BCUT2D eigenvalue weighted by Gasteiger charge is 2.01. The number of imidazole rings is 1. The first-order valence-electron chi connectivity index (χ1n) is 5.89. The summed E-state index contributed by atoms with van der Waals surface area (Å²) in [7, 11) is 0. The molecule has 0 bridgehead atoms. The number of aryl methyl sites for hydroxylation is 2. The third-order valence-electron chi connectivity index (χ3n) is 2.69. The lowest BCUT2D eigenvalue weighted by molar-refractivity contribution is 0.300. The van der Waals surface area contributed by atoms with E-state index < -0.39 is 0 Å². The van der Waals surface area contributed by atoms with Gasteiger partial charge < -0.3 is 9.30 Å². The lowest BCUT2D eigenvalue weighted by atomic mass is 10.1. The van der Waals surface area contributed by atoms with Gasteiger partial charge in [0, 0.05) is 18.9 Å². The highest BCUT2D eigenvalue weighted by atomic mass is 16.5. The molecule has 0 unspecified atom stereocenters. The maximum Gasteiger partial charge on any atom is 0.123 e. The third kappa shape index (κ3) is 3.11. The van der Waals surface area contributed by atoms with Gasteiger partial charge in [0.1, 0.15) is 5.75 Å². The van der Waals surface area contributed by atoms with E-state index in [-0.39, 0.29) is 0 Å². The second-order valence-electron chi connectivity index (χ2n) is 4.09. The van der Waals surface area contributed by atoms with Crippen molar-refractivity contribution >= 4 is 0 Å². The van der Waals surface area contributed by atoms with Gasteiger partial charge in [-0.1, -0.05) is 6.07 Å². The number of hydrogen-bond acceptors (Lipinski definition) is 3. The monoisotopic (exact) mass is 241 g/mol. The minimum atomic E-state index is 0.630. The largest absolute Gasteiger partial charge is 0.493 e. The van der Waals surface area contributed by atoms with Crippen molar-refractivity contribution in [3.63, 3.8) is 0 Å². The van der Waals surface area contributed by atoms with E-state index in [9.17, 15) is 0 Å². The molecular formula is C14H15N3O. The zero-order valence-corrected chi connectivity index (χ0v) is 10.3. The summed E-state index contributed by atoms with van der Waals surface area (Å²) in [4.78, 5) is 3.98. The maximum atomic E-state index is 8.83. The number of benzene rings is 1. The van der Waals surface area contributed by atoms with Crippen LogP contribution in [0.2, 0.25) is 0 Å². The number of rotatable bonds is 5. The van der Waals surface area contributed by atoms with Crippen molar-refractivity contribution in [3.05, 3.63) is 48.0 Å². The first-order chi connectivity index (χ1) is 8.79. The number of ether oxygens (including phenoxy) is 1. The van der Waals surface area contributed by atoms with Gasteiger partial charge >= 0.3 is 0 Å². The first-order valence-corrected chi connectivity index (χ1v) is 5.89. The second kappa shape index (κ2) is 5.87. The molecule has 92 valence electrons. The molecule has 1 aromatic heterocycles. The smallest absolute Gasteiger partial charge is 0.123 e. The van der Waals surface area contributed by atoms with E-state index in [1.165, 1.54) is 0 Å². The summed E-state index contributed by atoms with van der Waals surface area (Å²) < 4.78 is 7.71. The van der Waals surface area contributed by atoms with Crippen molar-refractivity contribution in [3.8, 4) is 11.8 Å². The highest BCUT2D eigenvalue weighted by Crippen LogP contribution is 2.19. The van der Waals surface area contributed by atoms with Crippen molar-refractivity contribution in [1.29, 1.82) is 5.26 Å². The zero-order valence-electron chi connectivity index (χ0n) is 10.3. The van der Waals surface area contributed by atoms with E-state index in [1.54, 1.807) is 24.7 Å². The predicted molar refractivity (Wildman–Crippen MR) is 68.2 cm³/mol. The Bertz CT molecular complexity index is 541. The fraction of sp³-hybridized carbons (Fsp3) is 0.286. The van der Waals surface area contributed by atoms with E-state index in [0.29, 0.717) is 12.2 Å². The zero-order chi connectivity index (χ0) is 12.8. The van der Waals surface area contributed by atoms with Gasteiger partial charge in [0.05, 0.1) is 24.6 Å². The minimum absolute atomic E-state index is 0.630. The molecule has 4 heteroatoms. The number of aromatic nitrogens is 2. The van der Waals surface area contributed by atoms with E-state index >= 15 is 0 Å². The summed E-state index contributed by atoms with van der Waals surface area (Å²) in [6.07, 6.45) is 6.40. The van der Waals surface area contributed by atoms with Gasteiger partial charge in [-0.05, 0) is 31.0 Å². The van der Waals surface area contributed by atoms with Gasteiger partial charge in [0.15, 0.2) is 0 Å². The number of nitrogens with zero attached hydrogens (tertiary/aromatic N) is 3. The quantitative estimate of drug-likeness (QED) is 0.756. The Morgan fingerprint density at radius 3 is 3.06 bits per heavy atom. The average molecular weight is 241 g/mol. The van der Waals surface area contributed by atoms with Crippen molar-refractivity contribution in [2.24, 2.45) is 0 Å². The second-order valence-corrected chi connectivity index (χ2v) is 4.09. The van der Waals surface area contributed by atoms with Crippen LogP contribution in [0.3, 0.4) is 0 Å². The highest BCUT2D eigenvalue weighted by molar-refractivity contribution is 5.41. The molecule has 1 heterocycles. The van der Waals surface area contributed by atoms with E-state index in [2.05, 4.69) is 11.1 Å². The normalized spacial score (nSPS) is 10.0. The van der Waals surface area contributed by atoms with Crippen LogP contribution in [0.4, 0.5) is 0 Å². The standard InChI is InChI=1S/C14H15N3O/c1-12-3-4-13(10-15)9-14(12)18-8-2-6-17-7-5-16-11-17/h3-5,7,9,11H,2,6,8H2,1H3. The predicted octanol–water partition coefficient (Wildman–Crippen LogP) is 2.53. The Kier molecular flexibility index (Phi) is 3.98. The summed E-state index contributed by atoms with van der Waals surface area (Å²) >= 11 is 0. The Hall–Kier alpha value is -2.28. The minimum Gasteiger partial charge on any atom is -0.493 e. The van der Waals surface area contributed by atoms with Crippen LogP contribution >= 0.6 is 0 Å². The first kappa shape index (κ1) is 12.2. The molecular weight excluding hydrogens is 226 g/mol. The van der Waals surface area contributed by atoms with Crippen LogP contribution in [0.5, 0.6) is 5.75 Å². The van der Waals surface area contributed by atoms with Gasteiger partial charge in [-0.3, -0.25) is 0 Å². The summed E-state index contributed by atoms with van der Waals surface area (Å²) in [6.45, 7) is 3.50. The lowest BCUT2D eigenvalue weighted by Crippen LogP contribution is -2.04. The summed E-state index contributed by atoms with van der Waals surface area (Å²) in [6, 6.07) is 7.61. The topological polar surface area (TPSA) is 50.8 Å². The molecule has 0 radical (unpaired) electrons. The summed E-state index contributed by atoms with van der Waals surface area (Å²) in [5, 5.41) is 8.83. The molecule has 0 atom stereocenters. The molecule has 0 aliphatic heterocycles. The van der Waals surface area contributed by atoms with Crippen LogP contribution < -0.4 is 4.74 Å². The van der Waals surface area contributed by atoms with Crippen LogP contribution in [0.1, 0.15) is 17.5 Å². The van der Waals surface area contributed by atoms with Crippen LogP contribution in [0, 0.1) is 18.3 Å². The van der Waals surface area contributed by atoms with E-state index in [0.717, 1.165) is 24.3 Å². The molecule has 0 saturated carbocycles. The van der Waals surface area contributed by atoms with Crippen LogP contribution in [-0.2, 0) is 6.54 Å². The van der Waals surface area contributed by atoms with E-state index in [1.807, 2.05) is 23.8 Å². The molecule has 0 N–H and O–H groups in total. The molecule has 0 saturated heterocycles. The van der Waals surface area contributed by atoms with Crippen molar-refractivity contribution in [2.75, 3.05) is 6.61 Å². The third-order valence-corrected chi connectivity index (χ3v) is 2.69. The van der Waals surface area contributed by atoms with Gasteiger partial charge in [0.25, 0.3) is 0 Å².